The predicted molar refractivity (Wildman–Crippen MR) is 118 cm³/mol. The molecule has 0 saturated heterocycles. The Bertz CT molecular complexity index is 1260. The van der Waals surface area contributed by atoms with Gasteiger partial charge in [0, 0.05) is 17.8 Å². The van der Waals surface area contributed by atoms with E-state index in [0.29, 0.717) is 11.3 Å². The molecule has 0 aliphatic carbocycles. The zero-order valence-electron chi connectivity index (χ0n) is 16.8. The highest BCUT2D eigenvalue weighted by Crippen LogP contribution is 2.39. The van der Waals surface area contributed by atoms with E-state index in [9.17, 15) is 20.0 Å². The number of nitro groups is 1. The van der Waals surface area contributed by atoms with Gasteiger partial charge in [0.15, 0.2) is 6.61 Å². The molecule has 0 spiro atoms. The van der Waals surface area contributed by atoms with Crippen LogP contribution in [0.2, 0.25) is 0 Å². The molecule has 0 bridgehead atoms. The van der Waals surface area contributed by atoms with Crippen molar-refractivity contribution in [1.82, 2.24) is 10.3 Å². The van der Waals surface area contributed by atoms with Gasteiger partial charge in [-0.3, -0.25) is 19.9 Å². The molecule has 0 fully saturated rings. The van der Waals surface area contributed by atoms with Crippen molar-refractivity contribution in [1.29, 1.82) is 0 Å². The van der Waals surface area contributed by atoms with E-state index in [0.717, 1.165) is 0 Å². The van der Waals surface area contributed by atoms with Crippen molar-refractivity contribution in [2.45, 2.75) is 6.04 Å². The number of nitrogens with zero attached hydrogens (tertiary/aromatic N) is 2. The first kappa shape index (κ1) is 20.8. The SMILES string of the molecule is O=C(COc1ccccc1)NC(c1ccccc1)c1cc([N+](=O)[O-])c2cccnc2c1O. The molecule has 160 valence electrons. The van der Waals surface area contributed by atoms with Gasteiger partial charge in [0.2, 0.25) is 0 Å². The van der Waals surface area contributed by atoms with Crippen LogP contribution in [-0.2, 0) is 4.79 Å². The first-order valence-electron chi connectivity index (χ1n) is 9.81. The van der Waals surface area contributed by atoms with E-state index in [-0.39, 0.29) is 34.5 Å². The van der Waals surface area contributed by atoms with Crippen molar-refractivity contribution < 1.29 is 19.6 Å². The molecule has 4 rings (SSSR count). The number of para-hydroxylation sites is 1. The van der Waals surface area contributed by atoms with Crippen LogP contribution >= 0.6 is 0 Å². The molecule has 1 heterocycles. The molecule has 1 amide bonds. The van der Waals surface area contributed by atoms with Gasteiger partial charge < -0.3 is 15.2 Å². The Morgan fingerprint density at radius 2 is 1.75 bits per heavy atom. The number of ether oxygens (including phenoxy) is 1. The van der Waals surface area contributed by atoms with Crippen LogP contribution in [0.15, 0.2) is 85.1 Å². The third kappa shape index (κ3) is 4.34. The van der Waals surface area contributed by atoms with Gasteiger partial charge in [-0.15, -0.1) is 0 Å². The number of non-ortho nitro benzene ring substituents is 1. The molecule has 0 radical (unpaired) electrons. The highest BCUT2D eigenvalue weighted by Gasteiger charge is 2.27. The smallest absolute Gasteiger partial charge is 0.279 e. The maximum absolute atomic E-state index is 12.7. The number of benzene rings is 3. The van der Waals surface area contributed by atoms with Crippen molar-refractivity contribution >= 4 is 22.5 Å². The van der Waals surface area contributed by atoms with Gasteiger partial charge in [-0.05, 0) is 29.8 Å². The number of hydrogen-bond donors (Lipinski definition) is 2. The maximum Gasteiger partial charge on any atom is 0.279 e. The molecule has 32 heavy (non-hydrogen) atoms. The van der Waals surface area contributed by atoms with Crippen LogP contribution < -0.4 is 10.1 Å². The summed E-state index contributed by atoms with van der Waals surface area (Å²) in [6.45, 7) is -0.262. The highest BCUT2D eigenvalue weighted by atomic mass is 16.6. The number of pyridine rings is 1. The number of carbonyl (C=O) groups excluding carboxylic acids is 1. The molecule has 0 saturated carbocycles. The maximum atomic E-state index is 12.7. The number of amides is 1. The predicted octanol–water partition coefficient (Wildman–Crippen LogP) is 4.13. The molecule has 0 aliphatic heterocycles. The van der Waals surface area contributed by atoms with E-state index in [2.05, 4.69) is 10.3 Å². The quantitative estimate of drug-likeness (QED) is 0.337. The lowest BCUT2D eigenvalue weighted by molar-refractivity contribution is -0.383. The molecule has 1 unspecified atom stereocenters. The Balaban J connectivity index is 1.73. The van der Waals surface area contributed by atoms with Crippen LogP contribution in [-0.4, -0.2) is 27.5 Å². The van der Waals surface area contributed by atoms with Gasteiger partial charge in [0.25, 0.3) is 11.6 Å². The lowest BCUT2D eigenvalue weighted by Crippen LogP contribution is -2.33. The monoisotopic (exact) mass is 429 g/mol. The standard InChI is InChI=1S/C24H19N3O5/c28-21(15-32-17-10-5-2-6-11-17)26-22(16-8-3-1-4-9-16)19-14-20(27(30)31)18-12-7-13-25-23(18)24(19)29/h1-14,22,29H,15H2,(H,26,28). The molecule has 8 nitrogen and oxygen atoms in total. The second-order valence-electron chi connectivity index (χ2n) is 7.00. The second-order valence-corrected chi connectivity index (χ2v) is 7.00. The molecule has 3 aromatic carbocycles. The van der Waals surface area contributed by atoms with Crippen LogP contribution in [0.1, 0.15) is 17.2 Å². The van der Waals surface area contributed by atoms with Crippen LogP contribution in [0.3, 0.4) is 0 Å². The minimum Gasteiger partial charge on any atom is -0.505 e. The highest BCUT2D eigenvalue weighted by molar-refractivity contribution is 5.94. The number of hydrogen-bond acceptors (Lipinski definition) is 6. The summed E-state index contributed by atoms with van der Waals surface area (Å²) >= 11 is 0. The average molecular weight is 429 g/mol. The van der Waals surface area contributed by atoms with E-state index < -0.39 is 16.9 Å². The Morgan fingerprint density at radius 3 is 2.44 bits per heavy atom. The fraction of sp³-hybridized carbons (Fsp3) is 0.0833. The zero-order valence-corrected chi connectivity index (χ0v) is 16.8. The van der Waals surface area contributed by atoms with Crippen LogP contribution in [0.4, 0.5) is 5.69 Å². The fourth-order valence-corrected chi connectivity index (χ4v) is 3.46. The molecular formula is C24H19N3O5. The Morgan fingerprint density at radius 1 is 1.06 bits per heavy atom. The van der Waals surface area contributed by atoms with Crippen LogP contribution in [0.25, 0.3) is 10.9 Å². The molecule has 4 aromatic rings. The average Bonchev–Trinajstić information content (AvgIpc) is 2.83. The molecular weight excluding hydrogens is 410 g/mol. The van der Waals surface area contributed by atoms with Gasteiger partial charge in [-0.25, -0.2) is 0 Å². The van der Waals surface area contributed by atoms with E-state index >= 15 is 0 Å². The number of aromatic hydroxyl groups is 1. The summed E-state index contributed by atoms with van der Waals surface area (Å²) in [4.78, 5) is 28.0. The Kier molecular flexibility index (Phi) is 5.94. The minimum absolute atomic E-state index is 0.0902. The molecule has 8 heteroatoms. The zero-order chi connectivity index (χ0) is 22.5. The number of rotatable bonds is 7. The summed E-state index contributed by atoms with van der Waals surface area (Å²) < 4.78 is 5.51. The summed E-state index contributed by atoms with van der Waals surface area (Å²) in [6, 6.07) is 21.3. The van der Waals surface area contributed by atoms with Crippen molar-refractivity contribution in [3.05, 3.63) is 106 Å². The number of fused-ring (bicyclic) bond motifs is 1. The fourth-order valence-electron chi connectivity index (χ4n) is 3.46. The van der Waals surface area contributed by atoms with Crippen molar-refractivity contribution in [3.8, 4) is 11.5 Å². The normalized spacial score (nSPS) is 11.6. The summed E-state index contributed by atoms with van der Waals surface area (Å²) in [7, 11) is 0. The van der Waals surface area contributed by atoms with E-state index in [1.165, 1.54) is 18.3 Å². The Hall–Kier alpha value is -4.46. The number of phenolic OH excluding ortho intramolecular Hbond substituents is 1. The van der Waals surface area contributed by atoms with E-state index in [1.807, 2.05) is 12.1 Å². The summed E-state index contributed by atoms with van der Waals surface area (Å²) in [5.41, 5.74) is 0.687. The number of aromatic nitrogens is 1. The topological polar surface area (TPSA) is 115 Å². The van der Waals surface area contributed by atoms with Gasteiger partial charge in [0.05, 0.1) is 16.4 Å². The lowest BCUT2D eigenvalue weighted by Gasteiger charge is -2.21. The summed E-state index contributed by atoms with van der Waals surface area (Å²) in [5, 5.41) is 25.7. The summed E-state index contributed by atoms with van der Waals surface area (Å²) in [5.74, 6) is -0.150. The summed E-state index contributed by atoms with van der Waals surface area (Å²) in [6.07, 6.45) is 1.44. The Labute approximate surface area is 183 Å². The third-order valence-electron chi connectivity index (χ3n) is 4.93. The largest absolute Gasteiger partial charge is 0.505 e. The van der Waals surface area contributed by atoms with Crippen molar-refractivity contribution in [3.63, 3.8) is 0 Å². The molecule has 1 atom stereocenters. The first-order chi connectivity index (χ1) is 15.5. The van der Waals surface area contributed by atoms with Gasteiger partial charge in [0.1, 0.15) is 17.0 Å². The third-order valence-corrected chi connectivity index (χ3v) is 4.93. The first-order valence-corrected chi connectivity index (χ1v) is 9.81. The van der Waals surface area contributed by atoms with E-state index in [1.54, 1.807) is 54.6 Å². The molecule has 2 N–H and O–H groups in total. The number of nitro benzene ring substituents is 1. The van der Waals surface area contributed by atoms with Gasteiger partial charge in [-0.1, -0.05) is 48.5 Å². The molecule has 0 aliphatic rings. The van der Waals surface area contributed by atoms with Crippen molar-refractivity contribution in [2.75, 3.05) is 6.61 Å². The van der Waals surface area contributed by atoms with Crippen molar-refractivity contribution in [2.24, 2.45) is 0 Å². The molecule has 1 aromatic heterocycles. The van der Waals surface area contributed by atoms with E-state index in [4.69, 9.17) is 4.74 Å². The number of nitrogens with one attached hydrogen (secondary N) is 1. The van der Waals surface area contributed by atoms with Gasteiger partial charge in [-0.2, -0.15) is 0 Å². The van der Waals surface area contributed by atoms with Crippen LogP contribution in [0, 0.1) is 10.1 Å². The number of carbonyl (C=O) groups is 1. The second kappa shape index (κ2) is 9.13. The minimum atomic E-state index is -0.854. The van der Waals surface area contributed by atoms with Gasteiger partial charge >= 0.3 is 0 Å². The lowest BCUT2D eigenvalue weighted by atomic mass is 9.95. The number of phenols is 1. The van der Waals surface area contributed by atoms with Crippen LogP contribution in [0.5, 0.6) is 11.5 Å².